The number of carbonyl (C=O) groups excluding carboxylic acids is 3. The third-order valence-corrected chi connectivity index (χ3v) is 5.94. The molecular formula is C23H25BrN2O4. The van der Waals surface area contributed by atoms with Gasteiger partial charge in [-0.1, -0.05) is 40.2 Å². The Morgan fingerprint density at radius 1 is 1.17 bits per heavy atom. The molecule has 1 unspecified atom stereocenters. The Kier molecular flexibility index (Phi) is 6.92. The van der Waals surface area contributed by atoms with E-state index in [4.69, 9.17) is 4.74 Å². The van der Waals surface area contributed by atoms with Crippen LogP contribution in [-0.4, -0.2) is 42.9 Å². The fourth-order valence-electron chi connectivity index (χ4n) is 3.96. The van der Waals surface area contributed by atoms with Crippen LogP contribution in [0.4, 0.5) is 0 Å². The van der Waals surface area contributed by atoms with E-state index < -0.39 is 23.7 Å². The van der Waals surface area contributed by atoms with Crippen molar-refractivity contribution in [2.45, 2.75) is 32.7 Å². The molecule has 1 atom stereocenters. The van der Waals surface area contributed by atoms with E-state index in [1.165, 1.54) is 12.0 Å². The van der Waals surface area contributed by atoms with Gasteiger partial charge in [0.1, 0.15) is 0 Å². The predicted molar refractivity (Wildman–Crippen MR) is 117 cm³/mol. The van der Waals surface area contributed by atoms with Crippen molar-refractivity contribution in [1.29, 1.82) is 0 Å². The van der Waals surface area contributed by atoms with Gasteiger partial charge in [-0.3, -0.25) is 14.4 Å². The van der Waals surface area contributed by atoms with E-state index in [1.807, 2.05) is 50.2 Å². The number of ether oxygens (including phenoxy) is 1. The van der Waals surface area contributed by atoms with Crippen molar-refractivity contribution in [3.05, 3.63) is 68.7 Å². The minimum atomic E-state index is -0.662. The second-order valence-electron chi connectivity index (χ2n) is 7.48. The van der Waals surface area contributed by atoms with Crippen LogP contribution in [0.1, 0.15) is 33.7 Å². The number of nitrogens with one attached hydrogen (secondary N) is 1. The molecule has 0 saturated heterocycles. The van der Waals surface area contributed by atoms with Gasteiger partial charge >= 0.3 is 17.8 Å². The Morgan fingerprint density at radius 3 is 2.50 bits per heavy atom. The molecule has 0 fully saturated rings. The summed E-state index contributed by atoms with van der Waals surface area (Å²) in [6, 6.07) is 11.5. The van der Waals surface area contributed by atoms with Gasteiger partial charge in [-0.05, 0) is 60.2 Å². The average Bonchev–Trinajstić information content (AvgIpc) is 2.73. The fourth-order valence-corrected chi connectivity index (χ4v) is 4.65. The Bertz CT molecular complexity index is 966. The summed E-state index contributed by atoms with van der Waals surface area (Å²) < 4.78 is 5.92. The number of benzene rings is 2. The second-order valence-corrected chi connectivity index (χ2v) is 8.40. The summed E-state index contributed by atoms with van der Waals surface area (Å²) >= 11 is 3.48. The molecule has 1 N–H and O–H groups in total. The van der Waals surface area contributed by atoms with Crippen molar-refractivity contribution in [3.63, 3.8) is 0 Å². The van der Waals surface area contributed by atoms with E-state index in [0.717, 1.165) is 32.3 Å². The molecule has 0 saturated carbocycles. The van der Waals surface area contributed by atoms with Crippen molar-refractivity contribution in [3.8, 4) is 0 Å². The van der Waals surface area contributed by atoms with E-state index in [-0.39, 0.29) is 6.54 Å². The molecule has 0 bridgehead atoms. The van der Waals surface area contributed by atoms with Crippen LogP contribution in [-0.2, 0) is 32.1 Å². The van der Waals surface area contributed by atoms with E-state index >= 15 is 0 Å². The number of hydrogen-bond donors (Lipinski definition) is 1. The lowest BCUT2D eigenvalue weighted by atomic mass is 9.89. The van der Waals surface area contributed by atoms with Gasteiger partial charge in [0.25, 0.3) is 0 Å². The minimum Gasteiger partial charge on any atom is -0.468 e. The highest BCUT2D eigenvalue weighted by Crippen LogP contribution is 2.29. The minimum absolute atomic E-state index is 0.126. The number of esters is 1. The predicted octanol–water partition coefficient (Wildman–Crippen LogP) is 3.02. The van der Waals surface area contributed by atoms with Crippen molar-refractivity contribution in [2.75, 3.05) is 20.2 Å². The summed E-state index contributed by atoms with van der Waals surface area (Å²) in [6.45, 7) is 4.83. The zero-order chi connectivity index (χ0) is 21.8. The van der Waals surface area contributed by atoms with Crippen molar-refractivity contribution in [2.24, 2.45) is 0 Å². The van der Waals surface area contributed by atoms with Crippen LogP contribution in [0, 0.1) is 13.8 Å². The molecule has 1 aliphatic heterocycles. The molecule has 0 radical (unpaired) electrons. The molecule has 6 nitrogen and oxygen atoms in total. The topological polar surface area (TPSA) is 75.7 Å². The quantitative estimate of drug-likeness (QED) is 0.547. The maximum absolute atomic E-state index is 12.7. The summed E-state index contributed by atoms with van der Waals surface area (Å²) in [6.07, 6.45) is 0.636. The SMILES string of the molecule is COC(=O)C1CN(C(=O)C(=O)NCCc2c(C)cc(Br)cc2C)Cc2ccccc21. The van der Waals surface area contributed by atoms with Gasteiger partial charge < -0.3 is 15.0 Å². The summed E-state index contributed by atoms with van der Waals surface area (Å²) in [5.74, 6) is -2.31. The molecule has 1 aliphatic rings. The number of fused-ring (bicyclic) bond motifs is 1. The molecule has 7 heteroatoms. The molecule has 1 heterocycles. The Labute approximate surface area is 184 Å². The number of hydrogen-bond acceptors (Lipinski definition) is 4. The largest absolute Gasteiger partial charge is 0.468 e. The third kappa shape index (κ3) is 4.73. The third-order valence-electron chi connectivity index (χ3n) is 5.48. The zero-order valence-electron chi connectivity index (χ0n) is 17.3. The van der Waals surface area contributed by atoms with Crippen LogP contribution in [0.5, 0.6) is 0 Å². The maximum Gasteiger partial charge on any atom is 0.314 e. The van der Waals surface area contributed by atoms with Crippen molar-refractivity contribution in [1.82, 2.24) is 10.2 Å². The number of aryl methyl sites for hydroxylation is 2. The summed E-state index contributed by atoms with van der Waals surface area (Å²) in [5.41, 5.74) is 5.12. The Balaban J connectivity index is 1.65. The van der Waals surface area contributed by atoms with Gasteiger partial charge in [0, 0.05) is 24.1 Å². The van der Waals surface area contributed by atoms with E-state index in [1.54, 1.807) is 0 Å². The van der Waals surface area contributed by atoms with Crippen LogP contribution in [0.15, 0.2) is 40.9 Å². The molecule has 0 spiro atoms. The van der Waals surface area contributed by atoms with E-state index in [9.17, 15) is 14.4 Å². The van der Waals surface area contributed by atoms with Gasteiger partial charge in [0.15, 0.2) is 0 Å². The lowest BCUT2D eigenvalue weighted by Crippen LogP contribution is -2.47. The van der Waals surface area contributed by atoms with Crippen molar-refractivity contribution < 1.29 is 19.1 Å². The number of halogens is 1. The first kappa shape index (κ1) is 22.0. The highest BCUT2D eigenvalue weighted by atomic mass is 79.9. The summed E-state index contributed by atoms with van der Waals surface area (Å²) in [4.78, 5) is 38.9. The van der Waals surface area contributed by atoms with Crippen molar-refractivity contribution >= 4 is 33.7 Å². The van der Waals surface area contributed by atoms with Gasteiger partial charge in [0.05, 0.1) is 13.0 Å². The monoisotopic (exact) mass is 472 g/mol. The highest BCUT2D eigenvalue weighted by molar-refractivity contribution is 9.10. The summed E-state index contributed by atoms with van der Waals surface area (Å²) in [7, 11) is 1.32. The molecule has 30 heavy (non-hydrogen) atoms. The lowest BCUT2D eigenvalue weighted by molar-refractivity contribution is -0.149. The normalized spacial score (nSPS) is 15.3. The number of amides is 2. The first-order valence-electron chi connectivity index (χ1n) is 9.80. The number of carbonyl (C=O) groups is 3. The average molecular weight is 473 g/mol. The summed E-state index contributed by atoms with van der Waals surface area (Å²) in [5, 5.41) is 2.72. The Hall–Kier alpha value is -2.67. The molecule has 2 amide bonds. The lowest BCUT2D eigenvalue weighted by Gasteiger charge is -2.32. The molecule has 158 valence electrons. The molecular weight excluding hydrogens is 448 g/mol. The van der Waals surface area contributed by atoms with Crippen LogP contribution in [0.2, 0.25) is 0 Å². The second kappa shape index (κ2) is 9.43. The molecule has 0 aliphatic carbocycles. The van der Waals surface area contributed by atoms with Gasteiger partial charge in [-0.15, -0.1) is 0 Å². The first-order chi connectivity index (χ1) is 14.3. The number of methoxy groups -OCH3 is 1. The van der Waals surface area contributed by atoms with E-state index in [2.05, 4.69) is 21.2 Å². The zero-order valence-corrected chi connectivity index (χ0v) is 18.9. The smallest absolute Gasteiger partial charge is 0.314 e. The van der Waals surface area contributed by atoms with Gasteiger partial charge in [-0.25, -0.2) is 0 Å². The number of rotatable bonds is 4. The van der Waals surface area contributed by atoms with Gasteiger partial charge in [-0.2, -0.15) is 0 Å². The molecule has 0 aromatic heterocycles. The molecule has 3 rings (SSSR count). The molecule has 2 aromatic carbocycles. The number of nitrogens with zero attached hydrogens (tertiary/aromatic N) is 1. The van der Waals surface area contributed by atoms with Crippen LogP contribution in [0.3, 0.4) is 0 Å². The van der Waals surface area contributed by atoms with Crippen LogP contribution in [0.25, 0.3) is 0 Å². The van der Waals surface area contributed by atoms with Crippen LogP contribution < -0.4 is 5.32 Å². The van der Waals surface area contributed by atoms with E-state index in [0.29, 0.717) is 19.5 Å². The first-order valence-corrected chi connectivity index (χ1v) is 10.6. The standard InChI is InChI=1S/C23H25BrN2O4/c1-14-10-17(24)11-15(2)18(14)8-9-25-21(27)22(28)26-12-16-6-4-5-7-19(16)20(13-26)23(29)30-3/h4-7,10-11,20H,8-9,12-13H2,1-3H3,(H,25,27). The molecule has 2 aromatic rings. The van der Waals surface area contributed by atoms with Gasteiger partial charge in [0.2, 0.25) is 0 Å². The fraction of sp³-hybridized carbons (Fsp3) is 0.348. The van der Waals surface area contributed by atoms with Crippen LogP contribution >= 0.6 is 15.9 Å². The maximum atomic E-state index is 12.7. The Morgan fingerprint density at radius 2 is 1.83 bits per heavy atom. The highest BCUT2D eigenvalue weighted by Gasteiger charge is 2.35.